The Kier molecular flexibility index (Phi) is 8.23. The molecule has 0 heterocycles. The van der Waals surface area contributed by atoms with Crippen LogP contribution < -0.4 is 5.73 Å². The van der Waals surface area contributed by atoms with Crippen molar-refractivity contribution in [2.24, 2.45) is 11.7 Å². The molecular weight excluding hydrogens is 212 g/mol. The molecule has 17 heavy (non-hydrogen) atoms. The van der Waals surface area contributed by atoms with Gasteiger partial charge in [0.1, 0.15) is 0 Å². The summed E-state index contributed by atoms with van der Waals surface area (Å²) in [5.41, 5.74) is 5.99. The van der Waals surface area contributed by atoms with Gasteiger partial charge in [0, 0.05) is 12.6 Å². The lowest BCUT2D eigenvalue weighted by Crippen LogP contribution is -2.48. The average Bonchev–Trinajstić information content (AvgIpc) is 2.27. The Labute approximate surface area is 107 Å². The highest BCUT2D eigenvalue weighted by Gasteiger charge is 2.24. The second kappa shape index (κ2) is 8.51. The maximum absolute atomic E-state index is 12.3. The topological polar surface area (TPSA) is 46.3 Å². The van der Waals surface area contributed by atoms with E-state index in [2.05, 4.69) is 34.6 Å². The van der Waals surface area contributed by atoms with Crippen LogP contribution in [0.5, 0.6) is 0 Å². The van der Waals surface area contributed by atoms with Crippen molar-refractivity contribution in [3.05, 3.63) is 0 Å². The molecule has 0 aromatic heterocycles. The molecule has 2 N–H and O–H groups in total. The van der Waals surface area contributed by atoms with Gasteiger partial charge in [-0.2, -0.15) is 0 Å². The van der Waals surface area contributed by atoms with Crippen LogP contribution in [-0.4, -0.2) is 29.4 Å². The van der Waals surface area contributed by atoms with Crippen LogP contribution in [-0.2, 0) is 4.79 Å². The van der Waals surface area contributed by atoms with E-state index in [4.69, 9.17) is 5.73 Å². The molecule has 0 aliphatic rings. The minimum absolute atomic E-state index is 0.126. The zero-order valence-electron chi connectivity index (χ0n) is 12.2. The van der Waals surface area contributed by atoms with Gasteiger partial charge in [-0.1, -0.05) is 34.1 Å². The smallest absolute Gasteiger partial charge is 0.239 e. The molecule has 0 fully saturated rings. The van der Waals surface area contributed by atoms with Crippen molar-refractivity contribution in [3.8, 4) is 0 Å². The Morgan fingerprint density at radius 3 is 2.24 bits per heavy atom. The summed E-state index contributed by atoms with van der Waals surface area (Å²) >= 11 is 0. The number of carbonyl (C=O) groups excluding carboxylic acids is 1. The van der Waals surface area contributed by atoms with E-state index in [0.29, 0.717) is 12.0 Å². The highest BCUT2D eigenvalue weighted by molar-refractivity contribution is 5.81. The molecule has 3 nitrogen and oxygen atoms in total. The van der Waals surface area contributed by atoms with Gasteiger partial charge >= 0.3 is 0 Å². The van der Waals surface area contributed by atoms with Gasteiger partial charge in [0.05, 0.1) is 6.04 Å². The summed E-state index contributed by atoms with van der Waals surface area (Å²) in [6.45, 7) is 11.4. The first-order valence-electron chi connectivity index (χ1n) is 7.00. The number of nitrogens with zero attached hydrogens (tertiary/aromatic N) is 1. The Bertz CT molecular complexity index is 216. The molecule has 2 atom stereocenters. The van der Waals surface area contributed by atoms with E-state index in [9.17, 15) is 4.79 Å². The molecule has 0 spiro atoms. The highest BCUT2D eigenvalue weighted by atomic mass is 16.2. The average molecular weight is 242 g/mol. The van der Waals surface area contributed by atoms with Crippen LogP contribution in [0, 0.1) is 5.92 Å². The highest BCUT2D eigenvalue weighted by Crippen LogP contribution is 2.11. The van der Waals surface area contributed by atoms with Crippen molar-refractivity contribution in [1.82, 2.24) is 4.90 Å². The Balaban J connectivity index is 4.50. The van der Waals surface area contributed by atoms with Crippen LogP contribution in [0.1, 0.15) is 60.3 Å². The molecular formula is C14H30N2O. The first-order valence-corrected chi connectivity index (χ1v) is 7.00. The van der Waals surface area contributed by atoms with E-state index in [1.165, 1.54) is 0 Å². The summed E-state index contributed by atoms with van der Waals surface area (Å²) in [7, 11) is 0. The van der Waals surface area contributed by atoms with Crippen molar-refractivity contribution >= 4 is 5.91 Å². The van der Waals surface area contributed by atoms with E-state index < -0.39 is 0 Å². The molecule has 0 aromatic rings. The van der Waals surface area contributed by atoms with Crippen LogP contribution >= 0.6 is 0 Å². The molecule has 102 valence electrons. The third kappa shape index (κ3) is 6.06. The predicted octanol–water partition coefficient (Wildman–Crippen LogP) is 2.79. The number of amides is 1. The fraction of sp³-hybridized carbons (Fsp3) is 0.929. The first-order chi connectivity index (χ1) is 7.93. The number of unbranched alkanes of at least 4 members (excludes halogenated alkanes) is 1. The van der Waals surface area contributed by atoms with E-state index in [1.54, 1.807) is 0 Å². The van der Waals surface area contributed by atoms with Crippen molar-refractivity contribution in [3.63, 3.8) is 0 Å². The van der Waals surface area contributed by atoms with Crippen LogP contribution in [0.3, 0.4) is 0 Å². The van der Waals surface area contributed by atoms with Gasteiger partial charge < -0.3 is 10.6 Å². The van der Waals surface area contributed by atoms with E-state index >= 15 is 0 Å². The van der Waals surface area contributed by atoms with Crippen molar-refractivity contribution in [2.75, 3.05) is 6.54 Å². The summed E-state index contributed by atoms with van der Waals surface area (Å²) in [5, 5.41) is 0. The summed E-state index contributed by atoms with van der Waals surface area (Å²) in [6, 6.07) is -0.0341. The number of rotatable bonds is 8. The molecule has 0 saturated carbocycles. The van der Waals surface area contributed by atoms with Crippen LogP contribution in [0.2, 0.25) is 0 Å². The number of carbonyl (C=O) groups is 1. The van der Waals surface area contributed by atoms with Gasteiger partial charge in [0.15, 0.2) is 0 Å². The Morgan fingerprint density at radius 2 is 1.82 bits per heavy atom. The number of hydrogen-bond acceptors (Lipinski definition) is 2. The van der Waals surface area contributed by atoms with E-state index in [0.717, 1.165) is 32.2 Å². The lowest BCUT2D eigenvalue weighted by Gasteiger charge is -2.31. The SMILES string of the molecule is CCCCN(C(=O)[C@H](N)CC(C)C)C(C)CC. The Morgan fingerprint density at radius 1 is 1.24 bits per heavy atom. The maximum Gasteiger partial charge on any atom is 0.239 e. The monoisotopic (exact) mass is 242 g/mol. The lowest BCUT2D eigenvalue weighted by molar-refractivity contribution is -0.135. The van der Waals surface area contributed by atoms with Gasteiger partial charge in [-0.15, -0.1) is 0 Å². The predicted molar refractivity (Wildman–Crippen MR) is 73.8 cm³/mol. The van der Waals surface area contributed by atoms with Crippen molar-refractivity contribution in [2.45, 2.75) is 72.4 Å². The molecule has 0 rings (SSSR count). The molecule has 0 aliphatic carbocycles. The first kappa shape index (κ1) is 16.4. The van der Waals surface area contributed by atoms with Crippen LogP contribution in [0.4, 0.5) is 0 Å². The number of nitrogens with two attached hydrogens (primary N) is 1. The van der Waals surface area contributed by atoms with E-state index in [-0.39, 0.29) is 11.9 Å². The van der Waals surface area contributed by atoms with Gasteiger partial charge in [-0.3, -0.25) is 4.79 Å². The second-order valence-electron chi connectivity index (χ2n) is 5.38. The number of hydrogen-bond donors (Lipinski definition) is 1. The normalized spacial score (nSPS) is 14.8. The standard InChI is InChI=1S/C14H30N2O/c1-6-8-9-16(12(5)7-2)14(17)13(15)10-11(3)4/h11-13H,6-10,15H2,1-5H3/t12?,13-/m1/s1. The van der Waals surface area contributed by atoms with Gasteiger partial charge in [-0.05, 0) is 32.1 Å². The molecule has 0 aliphatic heterocycles. The lowest BCUT2D eigenvalue weighted by atomic mass is 10.0. The second-order valence-corrected chi connectivity index (χ2v) is 5.38. The van der Waals surface area contributed by atoms with Gasteiger partial charge in [-0.25, -0.2) is 0 Å². The quantitative estimate of drug-likeness (QED) is 0.711. The third-order valence-corrected chi connectivity index (χ3v) is 3.20. The van der Waals surface area contributed by atoms with Gasteiger partial charge in [0.2, 0.25) is 5.91 Å². The van der Waals surface area contributed by atoms with Gasteiger partial charge in [0.25, 0.3) is 0 Å². The summed E-state index contributed by atoms with van der Waals surface area (Å²) in [6.07, 6.45) is 3.94. The molecule has 1 unspecified atom stereocenters. The largest absolute Gasteiger partial charge is 0.339 e. The Hall–Kier alpha value is -0.570. The van der Waals surface area contributed by atoms with Crippen molar-refractivity contribution in [1.29, 1.82) is 0 Å². The molecule has 0 saturated heterocycles. The minimum Gasteiger partial charge on any atom is -0.339 e. The van der Waals surface area contributed by atoms with Crippen LogP contribution in [0.25, 0.3) is 0 Å². The van der Waals surface area contributed by atoms with Crippen molar-refractivity contribution < 1.29 is 4.79 Å². The zero-order valence-corrected chi connectivity index (χ0v) is 12.2. The van der Waals surface area contributed by atoms with Crippen LogP contribution in [0.15, 0.2) is 0 Å². The maximum atomic E-state index is 12.3. The minimum atomic E-state index is -0.333. The summed E-state index contributed by atoms with van der Waals surface area (Å²) in [5.74, 6) is 0.598. The molecule has 3 heteroatoms. The fourth-order valence-electron chi connectivity index (χ4n) is 1.92. The summed E-state index contributed by atoms with van der Waals surface area (Å²) < 4.78 is 0. The zero-order chi connectivity index (χ0) is 13.4. The fourth-order valence-corrected chi connectivity index (χ4v) is 1.92. The van der Waals surface area contributed by atoms with E-state index in [1.807, 2.05) is 4.90 Å². The third-order valence-electron chi connectivity index (χ3n) is 3.20. The molecule has 0 radical (unpaired) electrons. The molecule has 0 aromatic carbocycles. The molecule has 0 bridgehead atoms. The summed E-state index contributed by atoms with van der Waals surface area (Å²) in [4.78, 5) is 14.3. The molecule has 1 amide bonds.